The molecule has 178 valence electrons. The summed E-state index contributed by atoms with van der Waals surface area (Å²) in [5, 5.41) is 23.7. The van der Waals surface area contributed by atoms with Crippen molar-refractivity contribution in [3.8, 4) is 0 Å². The number of likely N-dealkylation sites (tertiary alicyclic amines) is 1. The summed E-state index contributed by atoms with van der Waals surface area (Å²) in [6.45, 7) is 3.86. The van der Waals surface area contributed by atoms with Crippen LogP contribution in [0.4, 0.5) is 0 Å². The Balaban J connectivity index is 2.99. The second kappa shape index (κ2) is 13.2. The van der Waals surface area contributed by atoms with Gasteiger partial charge in [-0.15, -0.1) is 0 Å². The van der Waals surface area contributed by atoms with E-state index < -0.39 is 54.5 Å². The molecule has 0 bridgehead atoms. The lowest BCUT2D eigenvalue weighted by molar-refractivity contribution is -0.150. The fourth-order valence-corrected chi connectivity index (χ4v) is 3.53. The fourth-order valence-electron chi connectivity index (χ4n) is 3.53. The number of nitrogens with zero attached hydrogens (tertiary/aromatic N) is 1. The second-order valence-electron chi connectivity index (χ2n) is 8.03. The zero-order valence-corrected chi connectivity index (χ0v) is 18.4. The number of aliphatic hydroxyl groups excluding tert-OH is 1. The highest BCUT2D eigenvalue weighted by Gasteiger charge is 2.39. The molecule has 0 unspecified atom stereocenters. The summed E-state index contributed by atoms with van der Waals surface area (Å²) in [6.07, 6.45) is 3.04. The van der Waals surface area contributed by atoms with Crippen molar-refractivity contribution >= 4 is 23.7 Å². The van der Waals surface area contributed by atoms with Crippen LogP contribution in [0.25, 0.3) is 0 Å². The maximum absolute atomic E-state index is 13.1. The van der Waals surface area contributed by atoms with Gasteiger partial charge in [-0.05, 0) is 44.6 Å². The van der Waals surface area contributed by atoms with Gasteiger partial charge in [-0.1, -0.05) is 20.3 Å². The smallest absolute Gasteiger partial charge is 0.326 e. The van der Waals surface area contributed by atoms with Crippen LogP contribution < -0.4 is 22.1 Å². The number of carboxylic acid groups (broad SMARTS) is 1. The van der Waals surface area contributed by atoms with Crippen LogP contribution in [0.15, 0.2) is 0 Å². The first-order chi connectivity index (χ1) is 14.7. The van der Waals surface area contributed by atoms with Crippen LogP contribution in [0.1, 0.15) is 52.4 Å². The number of nitrogens with one attached hydrogen (secondary N) is 2. The van der Waals surface area contributed by atoms with E-state index in [4.69, 9.17) is 16.6 Å². The molecule has 1 heterocycles. The number of hydrogen-bond donors (Lipinski definition) is 6. The number of carboxylic acids is 1. The average molecular weight is 444 g/mol. The lowest BCUT2D eigenvalue weighted by atomic mass is 9.96. The summed E-state index contributed by atoms with van der Waals surface area (Å²) in [5.41, 5.74) is 11.0. The molecule has 8 N–H and O–H groups in total. The predicted octanol–water partition coefficient (Wildman–Crippen LogP) is -1.47. The quantitative estimate of drug-likeness (QED) is 0.186. The SMILES string of the molecule is CC[C@H](C)[C@H](NC(=O)[C@H](CCCCN)NC(=O)[C@@H](N)CO)C(=O)N1CCC[C@H]1C(=O)O. The molecule has 0 saturated carbocycles. The predicted molar refractivity (Wildman–Crippen MR) is 114 cm³/mol. The molecule has 0 aromatic heterocycles. The summed E-state index contributed by atoms with van der Waals surface area (Å²) < 4.78 is 0. The molecule has 0 aliphatic carbocycles. The van der Waals surface area contributed by atoms with Gasteiger partial charge in [0, 0.05) is 6.54 Å². The zero-order valence-electron chi connectivity index (χ0n) is 18.4. The molecule has 0 aromatic rings. The molecule has 1 aliphatic heterocycles. The van der Waals surface area contributed by atoms with Gasteiger partial charge in [0.05, 0.1) is 6.61 Å². The van der Waals surface area contributed by atoms with E-state index in [1.165, 1.54) is 4.90 Å². The van der Waals surface area contributed by atoms with Crippen molar-refractivity contribution in [2.75, 3.05) is 19.7 Å². The van der Waals surface area contributed by atoms with Crippen molar-refractivity contribution in [1.82, 2.24) is 15.5 Å². The van der Waals surface area contributed by atoms with Crippen molar-refractivity contribution in [3.05, 3.63) is 0 Å². The molecule has 11 nitrogen and oxygen atoms in total. The van der Waals surface area contributed by atoms with Gasteiger partial charge in [0.15, 0.2) is 0 Å². The Bertz CT molecular complexity index is 631. The van der Waals surface area contributed by atoms with E-state index >= 15 is 0 Å². The summed E-state index contributed by atoms with van der Waals surface area (Å²) in [6, 6.07) is -3.95. The van der Waals surface area contributed by atoms with Gasteiger partial charge in [0.1, 0.15) is 24.2 Å². The van der Waals surface area contributed by atoms with E-state index in [9.17, 15) is 24.3 Å². The highest BCUT2D eigenvalue weighted by molar-refractivity contribution is 5.94. The van der Waals surface area contributed by atoms with Gasteiger partial charge in [-0.3, -0.25) is 14.4 Å². The summed E-state index contributed by atoms with van der Waals surface area (Å²) in [4.78, 5) is 51.1. The standard InChI is InChI=1S/C20H37N5O6/c1-3-12(2)16(19(29)25-10-6-8-15(25)20(30)31)24-18(28)14(7-4-5-9-21)23-17(27)13(22)11-26/h12-16,26H,3-11,21-22H2,1-2H3,(H,23,27)(H,24,28)(H,30,31)/t12-,13-,14-,15-,16-/m0/s1. The zero-order chi connectivity index (χ0) is 23.6. The van der Waals surface area contributed by atoms with Gasteiger partial charge in [-0.2, -0.15) is 0 Å². The van der Waals surface area contributed by atoms with Crippen molar-refractivity contribution in [1.29, 1.82) is 0 Å². The second-order valence-corrected chi connectivity index (χ2v) is 8.03. The van der Waals surface area contributed by atoms with E-state index in [1.54, 1.807) is 6.92 Å². The largest absolute Gasteiger partial charge is 0.480 e. The number of carbonyl (C=O) groups is 4. The minimum Gasteiger partial charge on any atom is -0.480 e. The summed E-state index contributed by atoms with van der Waals surface area (Å²) >= 11 is 0. The van der Waals surface area contributed by atoms with Crippen LogP contribution in [0.3, 0.4) is 0 Å². The number of unbranched alkanes of at least 4 members (excludes halogenated alkanes) is 1. The number of aliphatic carboxylic acids is 1. The van der Waals surface area contributed by atoms with E-state index in [2.05, 4.69) is 10.6 Å². The number of hydrogen-bond acceptors (Lipinski definition) is 7. The average Bonchev–Trinajstić information content (AvgIpc) is 3.25. The Morgan fingerprint density at radius 2 is 1.84 bits per heavy atom. The van der Waals surface area contributed by atoms with Crippen molar-refractivity contribution in [2.45, 2.75) is 76.5 Å². The third-order valence-corrected chi connectivity index (χ3v) is 5.71. The van der Waals surface area contributed by atoms with Crippen molar-refractivity contribution in [2.24, 2.45) is 17.4 Å². The fraction of sp³-hybridized carbons (Fsp3) is 0.800. The molecule has 1 aliphatic rings. The van der Waals surface area contributed by atoms with Crippen LogP contribution in [-0.2, 0) is 19.2 Å². The topological polar surface area (TPSA) is 188 Å². The Kier molecular flexibility index (Phi) is 11.4. The monoisotopic (exact) mass is 443 g/mol. The molecule has 1 rings (SSSR count). The van der Waals surface area contributed by atoms with Gasteiger partial charge in [-0.25, -0.2) is 4.79 Å². The Labute approximate surface area is 182 Å². The number of nitrogens with two attached hydrogens (primary N) is 2. The van der Waals surface area contributed by atoms with E-state index in [0.717, 1.165) is 0 Å². The Morgan fingerprint density at radius 3 is 2.39 bits per heavy atom. The molecule has 0 radical (unpaired) electrons. The van der Waals surface area contributed by atoms with Crippen LogP contribution in [-0.4, -0.2) is 82.7 Å². The van der Waals surface area contributed by atoms with Crippen LogP contribution in [0.5, 0.6) is 0 Å². The van der Waals surface area contributed by atoms with Crippen molar-refractivity contribution < 1.29 is 29.4 Å². The van der Waals surface area contributed by atoms with Crippen molar-refractivity contribution in [3.63, 3.8) is 0 Å². The van der Waals surface area contributed by atoms with E-state index in [1.807, 2.05) is 6.92 Å². The number of carbonyl (C=O) groups excluding carboxylic acids is 3. The third kappa shape index (κ3) is 7.75. The van der Waals surface area contributed by atoms with Gasteiger partial charge in [0.25, 0.3) is 0 Å². The first kappa shape index (κ1) is 26.8. The molecule has 0 spiro atoms. The lowest BCUT2D eigenvalue weighted by Crippen LogP contribution is -2.59. The van der Waals surface area contributed by atoms with Crippen LogP contribution in [0.2, 0.25) is 0 Å². The normalized spacial score (nSPS) is 19.9. The van der Waals surface area contributed by atoms with E-state index in [0.29, 0.717) is 45.2 Å². The molecule has 5 atom stereocenters. The van der Waals surface area contributed by atoms with E-state index in [-0.39, 0.29) is 12.3 Å². The minimum atomic E-state index is -1.17. The molecule has 3 amide bonds. The minimum absolute atomic E-state index is 0.244. The number of amides is 3. The van der Waals surface area contributed by atoms with Gasteiger partial charge in [0.2, 0.25) is 17.7 Å². The number of aliphatic hydroxyl groups is 1. The first-order valence-electron chi connectivity index (χ1n) is 10.9. The molecule has 1 saturated heterocycles. The molecule has 11 heteroatoms. The molecule has 31 heavy (non-hydrogen) atoms. The van der Waals surface area contributed by atoms with Gasteiger partial charge >= 0.3 is 5.97 Å². The molecular weight excluding hydrogens is 406 g/mol. The number of rotatable bonds is 13. The summed E-state index contributed by atoms with van der Waals surface area (Å²) in [5.74, 6) is -2.98. The lowest BCUT2D eigenvalue weighted by Gasteiger charge is -2.31. The Hall–Kier alpha value is -2.24. The van der Waals surface area contributed by atoms with Crippen LogP contribution >= 0.6 is 0 Å². The van der Waals surface area contributed by atoms with Crippen LogP contribution in [0, 0.1) is 5.92 Å². The first-order valence-corrected chi connectivity index (χ1v) is 10.9. The highest BCUT2D eigenvalue weighted by Crippen LogP contribution is 2.21. The molecule has 1 fully saturated rings. The maximum Gasteiger partial charge on any atom is 0.326 e. The molecular formula is C20H37N5O6. The summed E-state index contributed by atoms with van der Waals surface area (Å²) in [7, 11) is 0. The highest BCUT2D eigenvalue weighted by atomic mass is 16.4. The maximum atomic E-state index is 13.1. The molecule has 0 aromatic carbocycles. The Morgan fingerprint density at radius 1 is 1.16 bits per heavy atom. The van der Waals surface area contributed by atoms with Gasteiger partial charge < -0.3 is 37.2 Å². The third-order valence-electron chi connectivity index (χ3n) is 5.71.